The van der Waals surface area contributed by atoms with Gasteiger partial charge in [-0.1, -0.05) is 6.92 Å². The van der Waals surface area contributed by atoms with Gasteiger partial charge < -0.3 is 0 Å². The van der Waals surface area contributed by atoms with Crippen LogP contribution in [0, 0.1) is 17.8 Å². The Morgan fingerprint density at radius 1 is 1.22 bits per heavy atom. The second-order valence-corrected chi connectivity index (χ2v) is 3.46. The molecular formula is C7H10F2. The molecule has 0 heterocycles. The molecule has 2 unspecified atom stereocenters. The molecule has 2 rings (SSSR count). The van der Waals surface area contributed by atoms with E-state index in [1.165, 1.54) is 0 Å². The molecule has 0 amide bonds. The van der Waals surface area contributed by atoms with Crippen LogP contribution in [0.4, 0.5) is 8.78 Å². The van der Waals surface area contributed by atoms with Gasteiger partial charge in [-0.3, -0.25) is 0 Å². The van der Waals surface area contributed by atoms with Crippen molar-refractivity contribution in [2.75, 3.05) is 0 Å². The molecule has 0 nitrogen and oxygen atoms in total. The molecule has 2 heteroatoms. The van der Waals surface area contributed by atoms with E-state index in [1.54, 1.807) is 0 Å². The Balaban J connectivity index is 2.06. The van der Waals surface area contributed by atoms with Crippen LogP contribution in [0.3, 0.4) is 0 Å². The zero-order chi connectivity index (χ0) is 6.65. The van der Waals surface area contributed by atoms with Gasteiger partial charge in [-0.05, 0) is 18.8 Å². The summed E-state index contributed by atoms with van der Waals surface area (Å²) in [5.41, 5.74) is 0. The van der Waals surface area contributed by atoms with E-state index in [4.69, 9.17) is 0 Å². The standard InChI is InChI=1S/C7H10F2/c1-4-2-5-6(3-4)7(5,8)9/h4-6H,2-3H2,1H3/t4?,5-,6?/m1/s1. The summed E-state index contributed by atoms with van der Waals surface area (Å²) in [6, 6.07) is 0. The topological polar surface area (TPSA) is 0 Å². The SMILES string of the molecule is CC1CC2[C@@H](C1)C2(F)F. The molecule has 0 bridgehead atoms. The Morgan fingerprint density at radius 2 is 1.67 bits per heavy atom. The minimum atomic E-state index is -2.26. The molecule has 9 heavy (non-hydrogen) atoms. The highest BCUT2D eigenvalue weighted by atomic mass is 19.3. The number of rotatable bonds is 0. The number of alkyl halides is 2. The lowest BCUT2D eigenvalue weighted by Gasteiger charge is -2.05. The van der Waals surface area contributed by atoms with Crippen LogP contribution in [0.15, 0.2) is 0 Å². The first-order valence-electron chi connectivity index (χ1n) is 3.50. The van der Waals surface area contributed by atoms with Gasteiger partial charge in [-0.25, -0.2) is 8.78 Å². The van der Waals surface area contributed by atoms with Crippen LogP contribution < -0.4 is 0 Å². The third-order valence-electron chi connectivity index (χ3n) is 2.68. The first-order valence-corrected chi connectivity index (χ1v) is 3.50. The monoisotopic (exact) mass is 132 g/mol. The van der Waals surface area contributed by atoms with Gasteiger partial charge in [-0.2, -0.15) is 0 Å². The van der Waals surface area contributed by atoms with Gasteiger partial charge in [0.2, 0.25) is 0 Å². The predicted octanol–water partition coefficient (Wildman–Crippen LogP) is 2.30. The van der Waals surface area contributed by atoms with Crippen LogP contribution in [0.25, 0.3) is 0 Å². The molecule has 0 radical (unpaired) electrons. The molecule has 0 aromatic carbocycles. The van der Waals surface area contributed by atoms with Crippen molar-refractivity contribution >= 4 is 0 Å². The third kappa shape index (κ3) is 0.565. The second-order valence-electron chi connectivity index (χ2n) is 3.46. The minimum absolute atomic E-state index is 0.229. The summed E-state index contributed by atoms with van der Waals surface area (Å²) in [7, 11) is 0. The number of hydrogen-bond donors (Lipinski definition) is 0. The first-order chi connectivity index (χ1) is 4.12. The van der Waals surface area contributed by atoms with E-state index >= 15 is 0 Å². The predicted molar refractivity (Wildman–Crippen MR) is 30.3 cm³/mol. The molecule has 52 valence electrons. The molecule has 2 aliphatic carbocycles. The van der Waals surface area contributed by atoms with Gasteiger partial charge in [0.05, 0.1) is 0 Å². The molecule has 0 saturated heterocycles. The highest BCUT2D eigenvalue weighted by molar-refractivity contribution is 5.10. The Morgan fingerprint density at radius 3 is 2.00 bits per heavy atom. The average Bonchev–Trinajstić information content (AvgIpc) is 2.27. The lowest BCUT2D eigenvalue weighted by molar-refractivity contribution is 0.0654. The van der Waals surface area contributed by atoms with Crippen LogP contribution in [-0.4, -0.2) is 5.92 Å². The van der Waals surface area contributed by atoms with Crippen molar-refractivity contribution in [2.45, 2.75) is 25.7 Å². The van der Waals surface area contributed by atoms with Crippen molar-refractivity contribution in [1.82, 2.24) is 0 Å². The summed E-state index contributed by atoms with van der Waals surface area (Å²) in [5.74, 6) is -2.16. The van der Waals surface area contributed by atoms with Crippen molar-refractivity contribution in [3.63, 3.8) is 0 Å². The maximum absolute atomic E-state index is 12.4. The van der Waals surface area contributed by atoms with Gasteiger partial charge in [0.25, 0.3) is 5.92 Å². The molecule has 2 aliphatic rings. The number of fused-ring (bicyclic) bond motifs is 1. The number of hydrogen-bond acceptors (Lipinski definition) is 0. The molecule has 0 aliphatic heterocycles. The van der Waals surface area contributed by atoms with Crippen LogP contribution in [0.2, 0.25) is 0 Å². The van der Waals surface area contributed by atoms with Crippen LogP contribution >= 0.6 is 0 Å². The van der Waals surface area contributed by atoms with Crippen molar-refractivity contribution in [3.05, 3.63) is 0 Å². The first kappa shape index (κ1) is 5.63. The minimum Gasteiger partial charge on any atom is -0.206 e. The third-order valence-corrected chi connectivity index (χ3v) is 2.68. The fourth-order valence-corrected chi connectivity index (χ4v) is 2.07. The van der Waals surface area contributed by atoms with E-state index in [0.717, 1.165) is 12.8 Å². The zero-order valence-corrected chi connectivity index (χ0v) is 5.40. The summed E-state index contributed by atoms with van der Waals surface area (Å²) < 4.78 is 24.8. The van der Waals surface area contributed by atoms with Crippen LogP contribution in [0.5, 0.6) is 0 Å². The molecule has 3 atom stereocenters. The Hall–Kier alpha value is -0.140. The van der Waals surface area contributed by atoms with Crippen LogP contribution in [-0.2, 0) is 0 Å². The van der Waals surface area contributed by atoms with E-state index in [2.05, 4.69) is 6.92 Å². The van der Waals surface area contributed by atoms with E-state index in [9.17, 15) is 8.78 Å². The zero-order valence-electron chi connectivity index (χ0n) is 5.40. The van der Waals surface area contributed by atoms with Crippen molar-refractivity contribution in [3.8, 4) is 0 Å². The van der Waals surface area contributed by atoms with Crippen molar-refractivity contribution < 1.29 is 8.78 Å². The lowest BCUT2D eigenvalue weighted by Crippen LogP contribution is -2.04. The molecule has 0 N–H and O–H groups in total. The largest absolute Gasteiger partial charge is 0.254 e. The van der Waals surface area contributed by atoms with E-state index in [-0.39, 0.29) is 11.8 Å². The summed E-state index contributed by atoms with van der Waals surface area (Å²) >= 11 is 0. The molecule has 0 spiro atoms. The highest BCUT2D eigenvalue weighted by Crippen LogP contribution is 2.65. The smallest absolute Gasteiger partial charge is 0.206 e. The normalized spacial score (nSPS) is 53.0. The van der Waals surface area contributed by atoms with Crippen molar-refractivity contribution in [1.29, 1.82) is 0 Å². The molecule has 2 saturated carbocycles. The van der Waals surface area contributed by atoms with Crippen molar-refractivity contribution in [2.24, 2.45) is 17.8 Å². The Labute approximate surface area is 53.2 Å². The molecular weight excluding hydrogens is 122 g/mol. The summed E-state index contributed by atoms with van der Waals surface area (Å²) in [4.78, 5) is 0. The fourth-order valence-electron chi connectivity index (χ4n) is 2.07. The fraction of sp³-hybridized carbons (Fsp3) is 1.00. The summed E-state index contributed by atoms with van der Waals surface area (Å²) in [6.45, 7) is 2.06. The summed E-state index contributed by atoms with van der Waals surface area (Å²) in [5, 5.41) is 0. The molecule has 0 aromatic heterocycles. The second kappa shape index (κ2) is 1.30. The maximum atomic E-state index is 12.4. The highest BCUT2D eigenvalue weighted by Gasteiger charge is 2.70. The quantitative estimate of drug-likeness (QED) is 0.474. The number of halogens is 2. The maximum Gasteiger partial charge on any atom is 0.254 e. The molecule has 2 fully saturated rings. The van der Waals surface area contributed by atoms with Gasteiger partial charge in [0.15, 0.2) is 0 Å². The van der Waals surface area contributed by atoms with Crippen LogP contribution in [0.1, 0.15) is 19.8 Å². The lowest BCUT2D eigenvalue weighted by atomic mass is 10.1. The average molecular weight is 132 g/mol. The van der Waals surface area contributed by atoms with Gasteiger partial charge in [0, 0.05) is 11.8 Å². The van der Waals surface area contributed by atoms with Gasteiger partial charge in [-0.15, -0.1) is 0 Å². The Kier molecular flexibility index (Phi) is 0.814. The van der Waals surface area contributed by atoms with E-state index < -0.39 is 5.92 Å². The Bertz CT molecular complexity index is 128. The van der Waals surface area contributed by atoms with Gasteiger partial charge in [0.1, 0.15) is 0 Å². The van der Waals surface area contributed by atoms with E-state index in [1.807, 2.05) is 0 Å². The van der Waals surface area contributed by atoms with Gasteiger partial charge >= 0.3 is 0 Å². The van der Waals surface area contributed by atoms with E-state index in [0.29, 0.717) is 5.92 Å². The summed E-state index contributed by atoms with van der Waals surface area (Å²) in [6.07, 6.45) is 1.52. The molecule has 0 aromatic rings.